The summed E-state index contributed by atoms with van der Waals surface area (Å²) in [7, 11) is 0. The number of benzene rings is 1. The molecule has 0 saturated carbocycles. The highest BCUT2D eigenvalue weighted by Gasteiger charge is 2.14. The number of anilines is 1. The summed E-state index contributed by atoms with van der Waals surface area (Å²) in [5.74, 6) is 0. The summed E-state index contributed by atoms with van der Waals surface area (Å²) in [5.41, 5.74) is 5.58. The Labute approximate surface area is 165 Å². The van der Waals surface area contributed by atoms with E-state index < -0.39 is 0 Å². The fourth-order valence-corrected chi connectivity index (χ4v) is 2.89. The van der Waals surface area contributed by atoms with Crippen molar-refractivity contribution in [3.8, 4) is 5.69 Å². The molecular formula is C17H14Cl2N6S. The number of para-hydroxylation sites is 1. The highest BCUT2D eigenvalue weighted by Crippen LogP contribution is 2.26. The first-order valence-corrected chi connectivity index (χ1v) is 8.73. The second kappa shape index (κ2) is 8.27. The summed E-state index contributed by atoms with van der Waals surface area (Å²) in [6.45, 7) is 1.84. The lowest BCUT2D eigenvalue weighted by molar-refractivity contribution is 0.863. The van der Waals surface area contributed by atoms with Gasteiger partial charge in [0.05, 0.1) is 40.1 Å². The normalized spacial score (nSPS) is 10.9. The third-order valence-corrected chi connectivity index (χ3v) is 4.28. The first-order valence-electron chi connectivity index (χ1n) is 7.56. The molecule has 2 N–H and O–H groups in total. The van der Waals surface area contributed by atoms with Crippen LogP contribution in [-0.4, -0.2) is 26.1 Å². The molecule has 1 aromatic carbocycles. The van der Waals surface area contributed by atoms with E-state index >= 15 is 0 Å². The maximum atomic E-state index is 6.45. The van der Waals surface area contributed by atoms with Crippen LogP contribution in [0.4, 0.5) is 5.69 Å². The van der Waals surface area contributed by atoms with Gasteiger partial charge in [0.15, 0.2) is 5.11 Å². The fraction of sp³-hybridized carbons (Fsp3) is 0.0588. The van der Waals surface area contributed by atoms with Crippen LogP contribution in [0.25, 0.3) is 5.69 Å². The van der Waals surface area contributed by atoms with Crippen molar-refractivity contribution < 1.29 is 0 Å². The number of nitrogens with one attached hydrogen (secondary N) is 2. The van der Waals surface area contributed by atoms with Gasteiger partial charge in [0.1, 0.15) is 5.15 Å². The van der Waals surface area contributed by atoms with Crippen LogP contribution in [-0.2, 0) is 0 Å². The van der Waals surface area contributed by atoms with E-state index in [4.69, 9.17) is 35.4 Å². The van der Waals surface area contributed by atoms with Gasteiger partial charge < -0.3 is 5.32 Å². The van der Waals surface area contributed by atoms with Gasteiger partial charge in [-0.05, 0) is 43.4 Å². The van der Waals surface area contributed by atoms with Gasteiger partial charge in [-0.15, -0.1) is 0 Å². The first kappa shape index (κ1) is 18.3. The van der Waals surface area contributed by atoms with Crippen LogP contribution in [0.5, 0.6) is 0 Å². The number of halogens is 2. The van der Waals surface area contributed by atoms with Crippen molar-refractivity contribution in [1.29, 1.82) is 0 Å². The maximum absolute atomic E-state index is 6.45. The Morgan fingerprint density at radius 1 is 1.23 bits per heavy atom. The predicted octanol–water partition coefficient (Wildman–Crippen LogP) is 4.20. The number of hydrogen-bond donors (Lipinski definition) is 2. The Morgan fingerprint density at radius 2 is 2.04 bits per heavy atom. The largest absolute Gasteiger partial charge is 0.330 e. The maximum Gasteiger partial charge on any atom is 0.191 e. The van der Waals surface area contributed by atoms with E-state index in [0.717, 1.165) is 5.69 Å². The molecule has 0 fully saturated rings. The second-order valence-corrected chi connectivity index (χ2v) is 6.39. The molecule has 0 amide bonds. The third-order valence-electron chi connectivity index (χ3n) is 3.41. The standard InChI is InChI=1S/C17H14Cl2N6S/c1-11-13(10-21-23-17(26)22-12-5-4-8-20-9-12)16(19)25(24-11)15-7-3-2-6-14(15)18/h2-10H,1H3,(H2,22,23,26)/b21-10-. The zero-order chi connectivity index (χ0) is 18.5. The van der Waals surface area contributed by atoms with Crippen molar-refractivity contribution in [1.82, 2.24) is 20.2 Å². The monoisotopic (exact) mass is 404 g/mol. The molecule has 0 spiro atoms. The molecule has 0 radical (unpaired) electrons. The number of hydrazone groups is 1. The van der Waals surface area contributed by atoms with Gasteiger partial charge in [0.2, 0.25) is 0 Å². The van der Waals surface area contributed by atoms with Crippen LogP contribution in [0.3, 0.4) is 0 Å². The number of nitrogens with zero attached hydrogens (tertiary/aromatic N) is 4. The minimum absolute atomic E-state index is 0.335. The molecular weight excluding hydrogens is 391 g/mol. The van der Waals surface area contributed by atoms with Crippen LogP contribution in [0.15, 0.2) is 53.9 Å². The molecule has 0 unspecified atom stereocenters. The Hall–Kier alpha value is -2.48. The molecule has 0 atom stereocenters. The van der Waals surface area contributed by atoms with E-state index in [2.05, 4.69) is 25.9 Å². The van der Waals surface area contributed by atoms with Crippen molar-refractivity contribution in [3.63, 3.8) is 0 Å². The van der Waals surface area contributed by atoms with Crippen LogP contribution >= 0.6 is 35.4 Å². The highest BCUT2D eigenvalue weighted by molar-refractivity contribution is 7.80. The average molecular weight is 405 g/mol. The van der Waals surface area contributed by atoms with Crippen molar-refractivity contribution in [2.75, 3.05) is 5.32 Å². The van der Waals surface area contributed by atoms with Gasteiger partial charge in [-0.25, -0.2) is 4.68 Å². The molecule has 0 saturated heterocycles. The van der Waals surface area contributed by atoms with Crippen molar-refractivity contribution in [2.45, 2.75) is 6.92 Å². The van der Waals surface area contributed by atoms with E-state index in [1.807, 2.05) is 31.2 Å². The van der Waals surface area contributed by atoms with E-state index in [9.17, 15) is 0 Å². The van der Waals surface area contributed by atoms with Gasteiger partial charge in [-0.2, -0.15) is 10.2 Å². The number of rotatable bonds is 4. The molecule has 2 heterocycles. The minimum Gasteiger partial charge on any atom is -0.330 e. The van der Waals surface area contributed by atoms with Crippen LogP contribution in [0.2, 0.25) is 10.2 Å². The zero-order valence-corrected chi connectivity index (χ0v) is 16.0. The lowest BCUT2D eigenvalue weighted by Gasteiger charge is -2.06. The summed E-state index contributed by atoms with van der Waals surface area (Å²) in [6.07, 6.45) is 4.91. The third kappa shape index (κ3) is 4.19. The summed E-state index contributed by atoms with van der Waals surface area (Å²) >= 11 is 17.8. The second-order valence-electron chi connectivity index (χ2n) is 5.22. The summed E-state index contributed by atoms with van der Waals surface area (Å²) in [6, 6.07) is 11.0. The fourth-order valence-electron chi connectivity index (χ4n) is 2.19. The Morgan fingerprint density at radius 3 is 2.77 bits per heavy atom. The van der Waals surface area contributed by atoms with Gasteiger partial charge in [0.25, 0.3) is 0 Å². The van der Waals surface area contributed by atoms with Gasteiger partial charge in [0, 0.05) is 6.20 Å². The molecule has 2 aromatic heterocycles. The quantitative estimate of drug-likeness (QED) is 0.387. The Kier molecular flexibility index (Phi) is 5.82. The number of pyridine rings is 1. The number of hydrogen-bond acceptors (Lipinski definition) is 4. The lowest BCUT2D eigenvalue weighted by Crippen LogP contribution is -2.23. The van der Waals surface area contributed by atoms with E-state index in [0.29, 0.717) is 32.2 Å². The molecule has 3 rings (SSSR count). The van der Waals surface area contributed by atoms with Crippen molar-refractivity contribution in [2.24, 2.45) is 5.10 Å². The van der Waals surface area contributed by atoms with Crippen molar-refractivity contribution >= 4 is 52.4 Å². The topological polar surface area (TPSA) is 67.1 Å². The SMILES string of the molecule is Cc1nn(-c2ccccc2Cl)c(Cl)c1/C=N\NC(=S)Nc1cccnc1. The molecule has 9 heteroatoms. The molecule has 0 aliphatic heterocycles. The zero-order valence-electron chi connectivity index (χ0n) is 13.6. The Bertz CT molecular complexity index is 955. The van der Waals surface area contributed by atoms with Crippen molar-refractivity contribution in [3.05, 3.63) is 70.2 Å². The van der Waals surface area contributed by atoms with Crippen LogP contribution < -0.4 is 10.7 Å². The molecule has 0 aliphatic carbocycles. The molecule has 3 aromatic rings. The van der Waals surface area contributed by atoms with E-state index in [-0.39, 0.29) is 0 Å². The van der Waals surface area contributed by atoms with Gasteiger partial charge >= 0.3 is 0 Å². The number of thiocarbonyl (C=S) groups is 1. The predicted molar refractivity (Wildman–Crippen MR) is 110 cm³/mol. The Balaban J connectivity index is 1.73. The molecule has 26 heavy (non-hydrogen) atoms. The minimum atomic E-state index is 0.335. The molecule has 132 valence electrons. The van der Waals surface area contributed by atoms with E-state index in [1.165, 1.54) is 0 Å². The van der Waals surface area contributed by atoms with E-state index in [1.54, 1.807) is 35.4 Å². The van der Waals surface area contributed by atoms with Crippen LogP contribution in [0, 0.1) is 6.92 Å². The summed E-state index contributed by atoms with van der Waals surface area (Å²) in [5, 5.41) is 12.8. The first-order chi connectivity index (χ1) is 12.6. The average Bonchev–Trinajstić information content (AvgIpc) is 2.91. The molecule has 0 bridgehead atoms. The van der Waals surface area contributed by atoms with Gasteiger partial charge in [-0.3, -0.25) is 10.4 Å². The smallest absolute Gasteiger partial charge is 0.191 e. The number of aromatic nitrogens is 3. The molecule has 0 aliphatic rings. The summed E-state index contributed by atoms with van der Waals surface area (Å²) < 4.78 is 1.58. The highest BCUT2D eigenvalue weighted by atomic mass is 35.5. The summed E-state index contributed by atoms with van der Waals surface area (Å²) in [4.78, 5) is 4.00. The van der Waals surface area contributed by atoms with Crippen LogP contribution in [0.1, 0.15) is 11.3 Å². The van der Waals surface area contributed by atoms with Gasteiger partial charge in [-0.1, -0.05) is 35.3 Å². The number of aryl methyl sites for hydroxylation is 1. The molecule has 6 nitrogen and oxygen atoms in total. The lowest BCUT2D eigenvalue weighted by atomic mass is 10.3.